The Morgan fingerprint density at radius 3 is 2.58 bits per heavy atom. The van der Waals surface area contributed by atoms with E-state index in [1.165, 1.54) is 17.5 Å². The Hall–Kier alpha value is -0.795. The van der Waals surface area contributed by atoms with Crippen molar-refractivity contribution in [2.45, 2.75) is 19.3 Å². The van der Waals surface area contributed by atoms with Gasteiger partial charge in [0.05, 0.1) is 0 Å². The number of rotatable bonds is 1. The summed E-state index contributed by atoms with van der Waals surface area (Å²) in [4.78, 5) is 0. The fraction of sp³-hybridized carbons (Fsp3) is 0.333. The zero-order chi connectivity index (χ0) is 8.55. The van der Waals surface area contributed by atoms with Crippen LogP contribution in [-0.4, -0.2) is 17.2 Å². The Morgan fingerprint density at radius 1 is 1.08 bits per heavy atom. The lowest BCUT2D eigenvalue weighted by Gasteiger charge is -2.02. The molecule has 1 aliphatic rings. The fourth-order valence-corrected chi connectivity index (χ4v) is 1.75. The first-order chi connectivity index (χ1) is 5.77. The van der Waals surface area contributed by atoms with E-state index in [1.807, 2.05) is 12.1 Å². The van der Waals surface area contributed by atoms with Crippen LogP contribution >= 0.6 is 0 Å². The second-order valence-corrected chi connectivity index (χ2v) is 3.26. The first kappa shape index (κ1) is 7.83. The first-order valence-corrected chi connectivity index (χ1v) is 4.25. The lowest BCUT2D eigenvalue weighted by molar-refractivity contribution is 0.425. The van der Waals surface area contributed by atoms with Gasteiger partial charge in [-0.05, 0) is 35.9 Å². The largest absolute Gasteiger partial charge is 0.488 e. The second kappa shape index (κ2) is 2.92. The molecular formula is C9H11BO2. The molecule has 62 valence electrons. The molecule has 0 unspecified atom stereocenters. The fourth-order valence-electron chi connectivity index (χ4n) is 1.75. The molecule has 3 heteroatoms. The molecule has 1 aromatic rings. The van der Waals surface area contributed by atoms with Gasteiger partial charge in [-0.1, -0.05) is 18.2 Å². The van der Waals surface area contributed by atoms with Crippen LogP contribution < -0.4 is 5.46 Å². The summed E-state index contributed by atoms with van der Waals surface area (Å²) < 4.78 is 0. The van der Waals surface area contributed by atoms with Crippen molar-refractivity contribution in [3.05, 3.63) is 29.3 Å². The highest BCUT2D eigenvalue weighted by molar-refractivity contribution is 6.58. The minimum atomic E-state index is -1.32. The third-order valence-electron chi connectivity index (χ3n) is 2.42. The van der Waals surface area contributed by atoms with Crippen LogP contribution in [0.2, 0.25) is 0 Å². The van der Waals surface area contributed by atoms with Gasteiger partial charge in [-0.25, -0.2) is 0 Å². The minimum absolute atomic E-state index is 0.607. The molecule has 0 saturated carbocycles. The van der Waals surface area contributed by atoms with Gasteiger partial charge >= 0.3 is 7.12 Å². The Kier molecular flexibility index (Phi) is 1.91. The Balaban J connectivity index is 2.39. The summed E-state index contributed by atoms with van der Waals surface area (Å²) in [7, 11) is -1.32. The van der Waals surface area contributed by atoms with Gasteiger partial charge in [0.2, 0.25) is 0 Å². The van der Waals surface area contributed by atoms with Crippen molar-refractivity contribution >= 4 is 12.6 Å². The zero-order valence-corrected chi connectivity index (χ0v) is 6.83. The number of fused-ring (bicyclic) bond motifs is 1. The van der Waals surface area contributed by atoms with E-state index in [9.17, 15) is 0 Å². The quantitative estimate of drug-likeness (QED) is 0.564. The summed E-state index contributed by atoms with van der Waals surface area (Å²) in [5.74, 6) is 0. The smallest absolute Gasteiger partial charge is 0.423 e. The van der Waals surface area contributed by atoms with Crippen LogP contribution in [0.4, 0.5) is 0 Å². The summed E-state index contributed by atoms with van der Waals surface area (Å²) in [6.45, 7) is 0. The van der Waals surface area contributed by atoms with E-state index in [0.717, 1.165) is 12.8 Å². The monoisotopic (exact) mass is 162 g/mol. The topological polar surface area (TPSA) is 40.5 Å². The molecule has 0 amide bonds. The van der Waals surface area contributed by atoms with Gasteiger partial charge in [0.25, 0.3) is 0 Å². The van der Waals surface area contributed by atoms with E-state index >= 15 is 0 Å². The molecule has 0 bridgehead atoms. The van der Waals surface area contributed by atoms with Gasteiger partial charge in [0.1, 0.15) is 0 Å². The van der Waals surface area contributed by atoms with Crippen LogP contribution in [0, 0.1) is 0 Å². The van der Waals surface area contributed by atoms with Crippen molar-refractivity contribution in [2.24, 2.45) is 0 Å². The maximum absolute atomic E-state index is 8.91. The molecular weight excluding hydrogens is 151 g/mol. The standard InChI is InChI=1S/C9H11BO2/c11-10(12)9-5-4-7-2-1-3-8(7)6-9/h4-6,11-12H,1-3H2. The number of hydrogen-bond donors (Lipinski definition) is 2. The molecule has 1 aromatic carbocycles. The highest BCUT2D eigenvalue weighted by Crippen LogP contribution is 2.19. The molecule has 2 nitrogen and oxygen atoms in total. The van der Waals surface area contributed by atoms with Crippen LogP contribution in [-0.2, 0) is 12.8 Å². The summed E-state index contributed by atoms with van der Waals surface area (Å²) in [6, 6.07) is 5.68. The van der Waals surface area contributed by atoms with Gasteiger partial charge in [0.15, 0.2) is 0 Å². The number of benzene rings is 1. The molecule has 0 radical (unpaired) electrons. The molecule has 0 aliphatic heterocycles. The summed E-state index contributed by atoms with van der Waals surface area (Å²) in [5.41, 5.74) is 3.25. The average Bonchev–Trinajstić information content (AvgIpc) is 2.49. The second-order valence-electron chi connectivity index (χ2n) is 3.26. The number of aryl methyl sites for hydroxylation is 2. The predicted molar refractivity (Wildman–Crippen MR) is 48.3 cm³/mol. The van der Waals surface area contributed by atoms with Crippen molar-refractivity contribution in [1.82, 2.24) is 0 Å². The molecule has 1 aliphatic carbocycles. The van der Waals surface area contributed by atoms with Crippen LogP contribution in [0.1, 0.15) is 17.5 Å². The van der Waals surface area contributed by atoms with E-state index in [1.54, 1.807) is 6.07 Å². The third kappa shape index (κ3) is 1.26. The SMILES string of the molecule is OB(O)c1ccc2c(c1)CCC2. The van der Waals surface area contributed by atoms with Crippen molar-refractivity contribution < 1.29 is 10.0 Å². The van der Waals surface area contributed by atoms with Gasteiger partial charge in [-0.3, -0.25) is 0 Å². The van der Waals surface area contributed by atoms with Crippen LogP contribution in [0.15, 0.2) is 18.2 Å². The van der Waals surface area contributed by atoms with Crippen LogP contribution in [0.3, 0.4) is 0 Å². The van der Waals surface area contributed by atoms with Crippen molar-refractivity contribution in [1.29, 1.82) is 0 Å². The summed E-state index contributed by atoms with van der Waals surface area (Å²) in [5, 5.41) is 17.8. The Bertz CT molecular complexity index is 297. The Morgan fingerprint density at radius 2 is 1.83 bits per heavy atom. The predicted octanol–water partition coefficient (Wildman–Crippen LogP) is -0.145. The molecule has 12 heavy (non-hydrogen) atoms. The van der Waals surface area contributed by atoms with Crippen molar-refractivity contribution in [3.63, 3.8) is 0 Å². The van der Waals surface area contributed by atoms with Gasteiger partial charge in [-0.15, -0.1) is 0 Å². The number of hydrogen-bond acceptors (Lipinski definition) is 2. The molecule has 0 saturated heterocycles. The third-order valence-corrected chi connectivity index (χ3v) is 2.42. The summed E-state index contributed by atoms with van der Waals surface area (Å²) >= 11 is 0. The zero-order valence-electron chi connectivity index (χ0n) is 6.83. The van der Waals surface area contributed by atoms with E-state index in [4.69, 9.17) is 10.0 Å². The van der Waals surface area contributed by atoms with Crippen LogP contribution in [0.5, 0.6) is 0 Å². The van der Waals surface area contributed by atoms with E-state index in [-0.39, 0.29) is 0 Å². The first-order valence-electron chi connectivity index (χ1n) is 4.25. The van der Waals surface area contributed by atoms with Crippen molar-refractivity contribution in [2.75, 3.05) is 0 Å². The molecule has 0 fully saturated rings. The van der Waals surface area contributed by atoms with Gasteiger partial charge in [0, 0.05) is 0 Å². The van der Waals surface area contributed by atoms with Gasteiger partial charge < -0.3 is 10.0 Å². The molecule has 0 heterocycles. The maximum atomic E-state index is 8.91. The van der Waals surface area contributed by atoms with Crippen molar-refractivity contribution in [3.8, 4) is 0 Å². The lowest BCUT2D eigenvalue weighted by Crippen LogP contribution is -2.29. The highest BCUT2D eigenvalue weighted by Gasteiger charge is 2.15. The van der Waals surface area contributed by atoms with Gasteiger partial charge in [-0.2, -0.15) is 0 Å². The molecule has 2 N–H and O–H groups in total. The summed E-state index contributed by atoms with van der Waals surface area (Å²) in [6.07, 6.45) is 3.41. The molecule has 0 spiro atoms. The molecule has 2 rings (SSSR count). The van der Waals surface area contributed by atoms with E-state index < -0.39 is 7.12 Å². The highest BCUT2D eigenvalue weighted by atomic mass is 16.4. The molecule has 0 atom stereocenters. The maximum Gasteiger partial charge on any atom is 0.488 e. The minimum Gasteiger partial charge on any atom is -0.423 e. The average molecular weight is 162 g/mol. The van der Waals surface area contributed by atoms with E-state index in [2.05, 4.69) is 0 Å². The van der Waals surface area contributed by atoms with Crippen LogP contribution in [0.25, 0.3) is 0 Å². The normalized spacial score (nSPS) is 14.5. The Labute approximate surface area is 72.0 Å². The lowest BCUT2D eigenvalue weighted by atomic mass is 9.79. The molecule has 0 aromatic heterocycles. The van der Waals surface area contributed by atoms with E-state index in [0.29, 0.717) is 5.46 Å².